The predicted molar refractivity (Wildman–Crippen MR) is 80.9 cm³/mol. The Kier molecular flexibility index (Phi) is 5.71. The molecule has 20 heavy (non-hydrogen) atoms. The molecule has 114 valence electrons. The molecule has 1 rings (SSSR count). The number of ether oxygens (including phenoxy) is 1. The van der Waals surface area contributed by atoms with Gasteiger partial charge in [-0.2, -0.15) is 0 Å². The van der Waals surface area contributed by atoms with Gasteiger partial charge in [0.05, 0.1) is 12.7 Å². The van der Waals surface area contributed by atoms with Crippen LogP contribution in [0.5, 0.6) is 0 Å². The molecule has 6 heteroatoms. The Morgan fingerprint density at radius 2 is 2.00 bits per heavy atom. The van der Waals surface area contributed by atoms with Gasteiger partial charge in [-0.15, -0.1) is 0 Å². The summed E-state index contributed by atoms with van der Waals surface area (Å²) in [5.41, 5.74) is 6.61. The van der Waals surface area contributed by atoms with Crippen LogP contribution in [-0.2, 0) is 10.2 Å². The fraction of sp³-hybridized carbons (Fsp3) is 0.714. The molecular formula is C14H26N4O2. The highest BCUT2D eigenvalue weighted by atomic mass is 16.5. The molecule has 0 spiro atoms. The minimum absolute atomic E-state index is 0.159. The molecule has 0 fully saturated rings. The van der Waals surface area contributed by atoms with Crippen LogP contribution in [0.25, 0.3) is 0 Å². The molecule has 1 unspecified atom stereocenters. The van der Waals surface area contributed by atoms with Crippen molar-refractivity contribution in [2.45, 2.75) is 45.6 Å². The quantitative estimate of drug-likeness (QED) is 0.731. The first-order valence-corrected chi connectivity index (χ1v) is 6.81. The van der Waals surface area contributed by atoms with Crippen molar-refractivity contribution in [2.24, 2.45) is 0 Å². The van der Waals surface area contributed by atoms with Gasteiger partial charge in [0, 0.05) is 24.6 Å². The van der Waals surface area contributed by atoms with Crippen molar-refractivity contribution in [1.82, 2.24) is 9.97 Å². The monoisotopic (exact) mass is 282 g/mol. The number of methoxy groups -OCH3 is 1. The largest absolute Gasteiger partial charge is 0.391 e. The van der Waals surface area contributed by atoms with Crippen molar-refractivity contribution in [3.8, 4) is 0 Å². The number of hydrogen-bond acceptors (Lipinski definition) is 6. The Balaban J connectivity index is 2.77. The van der Waals surface area contributed by atoms with Crippen molar-refractivity contribution in [1.29, 1.82) is 0 Å². The summed E-state index contributed by atoms with van der Waals surface area (Å²) in [4.78, 5) is 8.87. The van der Waals surface area contributed by atoms with E-state index in [4.69, 9.17) is 10.5 Å². The van der Waals surface area contributed by atoms with Crippen molar-refractivity contribution in [2.75, 3.05) is 31.3 Å². The van der Waals surface area contributed by atoms with E-state index in [2.05, 4.69) is 15.3 Å². The number of aliphatic hydroxyl groups excluding tert-OH is 1. The molecular weight excluding hydrogens is 256 g/mol. The van der Waals surface area contributed by atoms with Crippen molar-refractivity contribution < 1.29 is 9.84 Å². The van der Waals surface area contributed by atoms with Gasteiger partial charge in [-0.25, -0.2) is 9.97 Å². The second-order valence-corrected chi connectivity index (χ2v) is 5.98. The fourth-order valence-corrected chi connectivity index (χ4v) is 1.67. The van der Waals surface area contributed by atoms with Crippen LogP contribution in [-0.4, -0.2) is 41.4 Å². The average molecular weight is 282 g/mol. The number of aromatic nitrogens is 2. The van der Waals surface area contributed by atoms with E-state index in [-0.39, 0.29) is 5.41 Å². The number of nitrogens with two attached hydrogens (primary N) is 1. The zero-order valence-corrected chi connectivity index (χ0v) is 13.0. The molecule has 0 saturated carbocycles. The van der Waals surface area contributed by atoms with Crippen LogP contribution in [0.3, 0.4) is 0 Å². The molecule has 0 aromatic carbocycles. The van der Waals surface area contributed by atoms with E-state index in [0.29, 0.717) is 31.2 Å². The summed E-state index contributed by atoms with van der Waals surface area (Å²) < 4.78 is 4.89. The number of nitrogens with zero attached hydrogens (tertiary/aromatic N) is 2. The van der Waals surface area contributed by atoms with E-state index in [9.17, 15) is 5.11 Å². The Labute approximate surface area is 120 Å². The van der Waals surface area contributed by atoms with Crippen molar-refractivity contribution in [3.05, 3.63) is 11.4 Å². The average Bonchev–Trinajstić information content (AvgIpc) is 2.33. The normalized spacial score (nSPS) is 13.3. The molecule has 0 bridgehead atoms. The first-order valence-electron chi connectivity index (χ1n) is 6.81. The zero-order valence-electron chi connectivity index (χ0n) is 13.0. The molecule has 6 nitrogen and oxygen atoms in total. The Bertz CT molecular complexity index is 444. The van der Waals surface area contributed by atoms with E-state index < -0.39 is 6.10 Å². The Morgan fingerprint density at radius 3 is 2.55 bits per heavy atom. The van der Waals surface area contributed by atoms with Gasteiger partial charge in [0.15, 0.2) is 0 Å². The lowest BCUT2D eigenvalue weighted by Crippen LogP contribution is -2.22. The molecule has 4 N–H and O–H groups in total. The van der Waals surface area contributed by atoms with Crippen LogP contribution in [0.4, 0.5) is 11.6 Å². The second kappa shape index (κ2) is 6.85. The summed E-state index contributed by atoms with van der Waals surface area (Å²) >= 11 is 0. The summed E-state index contributed by atoms with van der Waals surface area (Å²) in [6.45, 7) is 8.95. The maximum atomic E-state index is 9.61. The van der Waals surface area contributed by atoms with Crippen LogP contribution < -0.4 is 11.1 Å². The van der Waals surface area contributed by atoms with Crippen LogP contribution in [0.1, 0.15) is 38.6 Å². The van der Waals surface area contributed by atoms with Gasteiger partial charge in [-0.05, 0) is 13.3 Å². The maximum Gasteiger partial charge on any atom is 0.138 e. The van der Waals surface area contributed by atoms with E-state index in [1.54, 1.807) is 7.11 Å². The third-order valence-electron chi connectivity index (χ3n) is 2.98. The number of hydrogen-bond donors (Lipinski definition) is 3. The summed E-state index contributed by atoms with van der Waals surface area (Å²) in [5.74, 6) is 1.93. The van der Waals surface area contributed by atoms with Crippen LogP contribution in [0.15, 0.2) is 0 Å². The molecule has 0 aliphatic rings. The highest BCUT2D eigenvalue weighted by molar-refractivity contribution is 5.55. The second-order valence-electron chi connectivity index (χ2n) is 5.98. The van der Waals surface area contributed by atoms with Gasteiger partial charge < -0.3 is 20.9 Å². The molecule has 0 saturated heterocycles. The molecule has 0 amide bonds. The van der Waals surface area contributed by atoms with E-state index in [1.165, 1.54) is 0 Å². The topological polar surface area (TPSA) is 93.3 Å². The lowest BCUT2D eigenvalue weighted by molar-refractivity contribution is 0.0615. The predicted octanol–water partition coefficient (Wildman–Crippen LogP) is 1.47. The molecule has 0 aliphatic carbocycles. The Morgan fingerprint density at radius 1 is 1.35 bits per heavy atom. The zero-order chi connectivity index (χ0) is 15.3. The molecule has 1 heterocycles. The molecule has 0 radical (unpaired) electrons. The molecule has 1 atom stereocenters. The SMILES string of the molecule is COCC(O)CCNc1nc(C(C)(C)C)nc(N)c1C. The van der Waals surface area contributed by atoms with Gasteiger partial charge in [0.25, 0.3) is 0 Å². The summed E-state index contributed by atoms with van der Waals surface area (Å²) in [6.07, 6.45) is 0.108. The maximum absolute atomic E-state index is 9.61. The number of anilines is 2. The molecule has 1 aromatic rings. The van der Waals surface area contributed by atoms with Gasteiger partial charge in [-0.1, -0.05) is 20.8 Å². The lowest BCUT2D eigenvalue weighted by Gasteiger charge is -2.20. The third kappa shape index (κ3) is 4.61. The van der Waals surface area contributed by atoms with Crippen LogP contribution in [0.2, 0.25) is 0 Å². The van der Waals surface area contributed by atoms with Gasteiger partial charge in [-0.3, -0.25) is 0 Å². The smallest absolute Gasteiger partial charge is 0.138 e. The summed E-state index contributed by atoms with van der Waals surface area (Å²) in [6, 6.07) is 0. The highest BCUT2D eigenvalue weighted by Gasteiger charge is 2.20. The first kappa shape index (κ1) is 16.7. The number of aliphatic hydroxyl groups is 1. The molecule has 0 aliphatic heterocycles. The summed E-state index contributed by atoms with van der Waals surface area (Å²) in [7, 11) is 1.57. The molecule has 1 aromatic heterocycles. The fourth-order valence-electron chi connectivity index (χ4n) is 1.67. The number of rotatable bonds is 6. The summed E-state index contributed by atoms with van der Waals surface area (Å²) in [5, 5.41) is 12.8. The van der Waals surface area contributed by atoms with E-state index in [1.807, 2.05) is 27.7 Å². The first-order chi connectivity index (χ1) is 9.25. The van der Waals surface area contributed by atoms with Gasteiger partial charge in [0.1, 0.15) is 17.5 Å². The van der Waals surface area contributed by atoms with Gasteiger partial charge >= 0.3 is 0 Å². The van der Waals surface area contributed by atoms with E-state index in [0.717, 1.165) is 11.4 Å². The number of nitrogens with one attached hydrogen (secondary N) is 1. The standard InChI is InChI=1S/C14H26N4O2/c1-9-11(15)17-13(14(2,3)4)18-12(9)16-7-6-10(19)8-20-5/h10,19H,6-8H2,1-5H3,(H3,15,16,17,18). The third-order valence-corrected chi connectivity index (χ3v) is 2.98. The minimum atomic E-state index is -0.478. The highest BCUT2D eigenvalue weighted by Crippen LogP contribution is 2.24. The van der Waals surface area contributed by atoms with Crippen LogP contribution >= 0.6 is 0 Å². The van der Waals surface area contributed by atoms with Crippen LogP contribution in [0, 0.1) is 6.92 Å². The van der Waals surface area contributed by atoms with Crippen molar-refractivity contribution in [3.63, 3.8) is 0 Å². The van der Waals surface area contributed by atoms with E-state index >= 15 is 0 Å². The Hall–Kier alpha value is -1.40. The number of nitrogen functional groups attached to an aromatic ring is 1. The lowest BCUT2D eigenvalue weighted by atomic mass is 9.95. The minimum Gasteiger partial charge on any atom is -0.391 e. The van der Waals surface area contributed by atoms with Crippen molar-refractivity contribution >= 4 is 11.6 Å². The van der Waals surface area contributed by atoms with Gasteiger partial charge in [0.2, 0.25) is 0 Å².